The number of anilines is 1. The number of aromatic nitrogens is 1. The summed E-state index contributed by atoms with van der Waals surface area (Å²) in [6, 6.07) is 22.4. The third-order valence-electron chi connectivity index (χ3n) is 8.92. The largest absolute Gasteiger partial charge is 0.494 e. The first-order valence-electron chi connectivity index (χ1n) is 14.9. The molecule has 7 nitrogen and oxygen atoms in total. The number of benzene rings is 3. The summed E-state index contributed by atoms with van der Waals surface area (Å²) in [7, 11) is 1.70. The van der Waals surface area contributed by atoms with Crippen LogP contribution in [-0.4, -0.2) is 61.5 Å². The quantitative estimate of drug-likeness (QED) is 0.265. The van der Waals surface area contributed by atoms with Crippen molar-refractivity contribution >= 4 is 28.2 Å². The first-order chi connectivity index (χ1) is 20.5. The highest BCUT2D eigenvalue weighted by Crippen LogP contribution is 2.45. The maximum absolute atomic E-state index is 14.4. The smallest absolute Gasteiger partial charge is 0.182 e. The highest BCUT2D eigenvalue weighted by atomic mass is 16.5. The minimum atomic E-state index is -0.749. The lowest BCUT2D eigenvalue weighted by Gasteiger charge is -2.37. The number of carbonyl (C=O) groups is 1. The molecule has 222 valence electrons. The molecule has 1 atom stereocenters. The monoisotopic (exact) mass is 576 g/mol. The van der Waals surface area contributed by atoms with E-state index < -0.39 is 5.54 Å². The topological polar surface area (TPSA) is 78.8 Å². The number of morpholine rings is 1. The summed E-state index contributed by atoms with van der Waals surface area (Å²) in [6.45, 7) is 13.3. The normalized spacial score (nSPS) is 18.7. The lowest BCUT2D eigenvalue weighted by molar-refractivity contribution is 0.0930. The SMILES string of the molecule is COc1c(N2CCOCC2)cc(C(=O)CN2C(=N)c3nc4ccc(C)cc4cc3C2(C)c2ccccc2)cc1C(C)(C)C. The third-order valence-corrected chi connectivity index (χ3v) is 8.92. The van der Waals surface area contributed by atoms with Crippen LogP contribution in [0.25, 0.3) is 10.9 Å². The van der Waals surface area contributed by atoms with E-state index in [4.69, 9.17) is 14.5 Å². The summed E-state index contributed by atoms with van der Waals surface area (Å²) in [4.78, 5) is 23.5. The fourth-order valence-corrected chi connectivity index (χ4v) is 6.48. The first-order valence-corrected chi connectivity index (χ1v) is 14.9. The zero-order valence-electron chi connectivity index (χ0n) is 26.0. The molecule has 0 amide bonds. The van der Waals surface area contributed by atoms with Crippen molar-refractivity contribution in [1.29, 1.82) is 5.41 Å². The average Bonchev–Trinajstić information content (AvgIpc) is 3.21. The van der Waals surface area contributed by atoms with Gasteiger partial charge in [-0.25, -0.2) is 4.98 Å². The van der Waals surface area contributed by atoms with Crippen molar-refractivity contribution in [2.24, 2.45) is 0 Å². The summed E-state index contributed by atoms with van der Waals surface area (Å²) in [5.74, 6) is 1.01. The molecule has 1 fully saturated rings. The molecule has 2 aliphatic rings. The molecular formula is C36H40N4O3. The van der Waals surface area contributed by atoms with Gasteiger partial charge >= 0.3 is 0 Å². The number of ether oxygens (including phenoxy) is 2. The Morgan fingerprint density at radius 1 is 1.05 bits per heavy atom. The van der Waals surface area contributed by atoms with Crippen molar-refractivity contribution in [1.82, 2.24) is 9.88 Å². The average molecular weight is 577 g/mol. The van der Waals surface area contributed by atoms with Gasteiger partial charge in [0, 0.05) is 35.2 Å². The summed E-state index contributed by atoms with van der Waals surface area (Å²) < 4.78 is 11.6. The van der Waals surface area contributed by atoms with E-state index in [0.717, 1.165) is 57.7 Å². The van der Waals surface area contributed by atoms with Gasteiger partial charge in [-0.05, 0) is 55.2 Å². The Bertz CT molecular complexity index is 1720. The Hall–Kier alpha value is -4.23. The number of Topliss-reactive ketones (excluding diaryl/α,β-unsaturated/α-hetero) is 1. The van der Waals surface area contributed by atoms with E-state index >= 15 is 0 Å². The molecular weight excluding hydrogens is 536 g/mol. The molecule has 0 saturated carbocycles. The van der Waals surface area contributed by atoms with Crippen molar-refractivity contribution in [2.45, 2.75) is 45.6 Å². The molecule has 0 aliphatic carbocycles. The Morgan fingerprint density at radius 2 is 1.77 bits per heavy atom. The lowest BCUT2D eigenvalue weighted by Crippen LogP contribution is -2.45. The Balaban J connectivity index is 1.46. The van der Waals surface area contributed by atoms with Gasteiger partial charge in [0.2, 0.25) is 0 Å². The molecule has 6 rings (SSSR count). The zero-order valence-corrected chi connectivity index (χ0v) is 26.0. The van der Waals surface area contributed by atoms with E-state index in [2.05, 4.69) is 63.8 Å². The number of rotatable bonds is 6. The van der Waals surface area contributed by atoms with Crippen LogP contribution in [0.2, 0.25) is 0 Å². The number of nitrogens with one attached hydrogen (secondary N) is 1. The minimum Gasteiger partial charge on any atom is -0.494 e. The Morgan fingerprint density at radius 3 is 2.44 bits per heavy atom. The Labute approximate surface area is 254 Å². The summed E-state index contributed by atoms with van der Waals surface area (Å²) in [6.07, 6.45) is 0. The van der Waals surface area contributed by atoms with Gasteiger partial charge in [0.15, 0.2) is 5.78 Å². The van der Waals surface area contributed by atoms with E-state index in [-0.39, 0.29) is 23.6 Å². The molecule has 0 radical (unpaired) electrons. The maximum atomic E-state index is 14.4. The number of carbonyl (C=O) groups excluding carboxylic acids is 1. The molecule has 43 heavy (non-hydrogen) atoms. The summed E-state index contributed by atoms with van der Waals surface area (Å²) in [5, 5.41) is 10.4. The second kappa shape index (κ2) is 10.8. The molecule has 1 saturated heterocycles. The van der Waals surface area contributed by atoms with Crippen molar-refractivity contribution in [3.8, 4) is 5.75 Å². The van der Waals surface area contributed by atoms with Crippen LogP contribution in [0, 0.1) is 12.3 Å². The predicted octanol–water partition coefficient (Wildman–Crippen LogP) is 6.47. The van der Waals surface area contributed by atoms with Crippen molar-refractivity contribution in [3.05, 3.63) is 100 Å². The van der Waals surface area contributed by atoms with E-state index in [9.17, 15) is 10.2 Å². The van der Waals surface area contributed by atoms with Crippen molar-refractivity contribution < 1.29 is 14.3 Å². The zero-order chi connectivity index (χ0) is 30.5. The molecule has 0 bridgehead atoms. The molecule has 1 aromatic heterocycles. The van der Waals surface area contributed by atoms with Crippen LogP contribution in [0.15, 0.2) is 66.7 Å². The van der Waals surface area contributed by atoms with E-state index in [1.807, 2.05) is 47.4 Å². The first kappa shape index (κ1) is 28.9. The standard InChI is InChI=1S/C36H40N4O3/c1-23-12-13-29-24(18-23)19-27-32(38-29)34(37)40(36(27,5)26-10-8-7-9-11-26)22-31(41)25-20-28(35(2,3)4)33(42-6)30(21-25)39-14-16-43-17-15-39/h7-13,18-21,37H,14-17,22H2,1-6H3. The fourth-order valence-electron chi connectivity index (χ4n) is 6.48. The number of nitrogens with zero attached hydrogens (tertiary/aromatic N) is 3. The van der Waals surface area contributed by atoms with Gasteiger partial charge in [0.25, 0.3) is 0 Å². The highest BCUT2D eigenvalue weighted by Gasteiger charge is 2.47. The molecule has 2 aliphatic heterocycles. The second-order valence-electron chi connectivity index (χ2n) is 12.8. The van der Waals surface area contributed by atoms with Crippen LogP contribution < -0.4 is 9.64 Å². The van der Waals surface area contributed by atoms with Gasteiger partial charge in [-0.2, -0.15) is 0 Å². The number of aryl methyl sites for hydroxylation is 1. The van der Waals surface area contributed by atoms with E-state index in [0.29, 0.717) is 24.5 Å². The number of hydrogen-bond acceptors (Lipinski definition) is 6. The van der Waals surface area contributed by atoms with Crippen LogP contribution in [0.5, 0.6) is 5.75 Å². The number of fused-ring (bicyclic) bond motifs is 2. The second-order valence-corrected chi connectivity index (χ2v) is 12.8. The van der Waals surface area contributed by atoms with Crippen LogP contribution in [0.4, 0.5) is 5.69 Å². The van der Waals surface area contributed by atoms with Gasteiger partial charge in [0.1, 0.15) is 17.3 Å². The maximum Gasteiger partial charge on any atom is 0.182 e. The number of pyridine rings is 1. The number of hydrogen-bond donors (Lipinski definition) is 1. The number of ketones is 1. The van der Waals surface area contributed by atoms with Gasteiger partial charge in [-0.15, -0.1) is 0 Å². The van der Waals surface area contributed by atoms with E-state index in [1.54, 1.807) is 7.11 Å². The van der Waals surface area contributed by atoms with Crippen LogP contribution in [0.1, 0.15) is 66.0 Å². The molecule has 3 heterocycles. The molecule has 1 unspecified atom stereocenters. The molecule has 7 heteroatoms. The van der Waals surface area contributed by atoms with E-state index in [1.165, 1.54) is 0 Å². The van der Waals surface area contributed by atoms with Crippen molar-refractivity contribution in [2.75, 3.05) is 44.9 Å². The number of amidine groups is 1. The summed E-state index contributed by atoms with van der Waals surface area (Å²) >= 11 is 0. The third kappa shape index (κ3) is 4.95. The van der Waals surface area contributed by atoms with Gasteiger partial charge in [-0.1, -0.05) is 62.7 Å². The minimum absolute atomic E-state index is 0.0361. The predicted molar refractivity (Wildman–Crippen MR) is 172 cm³/mol. The molecule has 3 aromatic carbocycles. The summed E-state index contributed by atoms with van der Waals surface area (Å²) in [5.41, 5.74) is 6.08. The molecule has 4 aromatic rings. The lowest BCUT2D eigenvalue weighted by atomic mass is 9.83. The van der Waals surface area contributed by atoms with Crippen LogP contribution in [-0.2, 0) is 15.7 Å². The molecule has 1 N–H and O–H groups in total. The van der Waals surface area contributed by atoms with Gasteiger partial charge < -0.3 is 19.3 Å². The van der Waals surface area contributed by atoms with Gasteiger partial charge in [0.05, 0.1) is 43.6 Å². The molecule has 0 spiro atoms. The van der Waals surface area contributed by atoms with Crippen LogP contribution >= 0.6 is 0 Å². The Kier molecular flexibility index (Phi) is 7.25. The highest BCUT2D eigenvalue weighted by molar-refractivity contribution is 6.07. The van der Waals surface area contributed by atoms with Gasteiger partial charge in [-0.3, -0.25) is 10.2 Å². The fraction of sp³-hybridized carbons (Fsp3) is 0.361. The number of methoxy groups -OCH3 is 1. The van der Waals surface area contributed by atoms with Crippen LogP contribution in [0.3, 0.4) is 0 Å². The van der Waals surface area contributed by atoms with Crippen molar-refractivity contribution in [3.63, 3.8) is 0 Å².